The molecule has 2 fully saturated rings. The molecule has 2 aromatic rings. The summed E-state index contributed by atoms with van der Waals surface area (Å²) >= 11 is 0. The van der Waals surface area contributed by atoms with Gasteiger partial charge in [-0.25, -0.2) is 4.39 Å². The van der Waals surface area contributed by atoms with Gasteiger partial charge < -0.3 is 19.6 Å². The van der Waals surface area contributed by atoms with Crippen molar-refractivity contribution in [3.63, 3.8) is 0 Å². The molecule has 3 amide bonds. The molecule has 1 N–H and O–H groups in total. The molecular weight excluding hydrogens is 441 g/mol. The smallest absolute Gasteiger partial charge is 0.241 e. The van der Waals surface area contributed by atoms with E-state index in [2.05, 4.69) is 4.90 Å². The molecule has 2 aliphatic heterocycles. The van der Waals surface area contributed by atoms with Crippen LogP contribution in [0.2, 0.25) is 0 Å². The Morgan fingerprint density at radius 2 is 1.74 bits per heavy atom. The quantitative estimate of drug-likeness (QED) is 0.623. The van der Waals surface area contributed by atoms with Crippen LogP contribution in [0.1, 0.15) is 18.4 Å². The molecule has 9 heteroatoms. The van der Waals surface area contributed by atoms with Crippen LogP contribution >= 0.6 is 0 Å². The summed E-state index contributed by atoms with van der Waals surface area (Å²) in [5, 5.41) is 9.49. The number of ether oxygens (including phenoxy) is 1. The first-order valence-corrected chi connectivity index (χ1v) is 11.3. The number of anilines is 1. The number of nitrogens with zero attached hydrogens (tertiary/aromatic N) is 3. The number of phenolic OH excluding ortho intramolecular Hbond substituents is 1. The molecule has 0 aliphatic carbocycles. The monoisotopic (exact) mass is 469 g/mol. The van der Waals surface area contributed by atoms with Crippen molar-refractivity contribution in [1.29, 1.82) is 0 Å². The standard InChI is InChI=1S/C25H28FN3O5/c1-34-15-14-29-23(32)17-25(24(29)33,20-4-2-3-5-21(20)26)16-22(31)28-12-10-27(11-13-28)18-6-8-19(30)9-7-18/h2-9,30H,10-17H2,1H3. The molecule has 2 aliphatic rings. The third-order valence-corrected chi connectivity index (χ3v) is 6.62. The van der Waals surface area contributed by atoms with Gasteiger partial charge in [-0.2, -0.15) is 0 Å². The summed E-state index contributed by atoms with van der Waals surface area (Å²) in [6, 6.07) is 12.7. The van der Waals surface area contributed by atoms with Gasteiger partial charge in [-0.05, 0) is 30.3 Å². The zero-order valence-corrected chi connectivity index (χ0v) is 19.1. The Hall–Kier alpha value is -3.46. The van der Waals surface area contributed by atoms with Gasteiger partial charge in [0.1, 0.15) is 11.6 Å². The molecule has 4 rings (SSSR count). The van der Waals surface area contributed by atoms with E-state index < -0.39 is 23.0 Å². The molecule has 180 valence electrons. The summed E-state index contributed by atoms with van der Waals surface area (Å²) in [7, 11) is 1.47. The topological polar surface area (TPSA) is 90.4 Å². The van der Waals surface area contributed by atoms with Crippen molar-refractivity contribution in [3.05, 3.63) is 59.9 Å². The van der Waals surface area contributed by atoms with Crippen molar-refractivity contribution >= 4 is 23.4 Å². The van der Waals surface area contributed by atoms with Crippen molar-refractivity contribution < 1.29 is 28.6 Å². The number of methoxy groups -OCH3 is 1. The first-order valence-electron chi connectivity index (χ1n) is 11.3. The van der Waals surface area contributed by atoms with Gasteiger partial charge in [0.05, 0.1) is 18.6 Å². The SMILES string of the molecule is COCCN1C(=O)CC(CC(=O)N2CCN(c3ccc(O)cc3)CC2)(c2ccccc2F)C1=O. The van der Waals surface area contributed by atoms with E-state index in [-0.39, 0.29) is 43.2 Å². The summed E-state index contributed by atoms with van der Waals surface area (Å²) in [5.74, 6) is -1.71. The Kier molecular flexibility index (Phi) is 6.83. The fourth-order valence-corrected chi connectivity index (χ4v) is 4.75. The number of amides is 3. The molecule has 2 saturated heterocycles. The normalized spacial score (nSPS) is 20.8. The Balaban J connectivity index is 1.53. The second-order valence-electron chi connectivity index (χ2n) is 8.64. The van der Waals surface area contributed by atoms with Crippen LogP contribution in [0.5, 0.6) is 5.75 Å². The Morgan fingerprint density at radius 1 is 1.06 bits per heavy atom. The molecule has 2 heterocycles. The average Bonchev–Trinajstić information content (AvgIpc) is 3.07. The number of carbonyl (C=O) groups excluding carboxylic acids is 3. The third kappa shape index (κ3) is 4.48. The fraction of sp³-hybridized carbons (Fsp3) is 0.400. The molecule has 8 nitrogen and oxygen atoms in total. The number of carbonyl (C=O) groups is 3. The molecule has 0 spiro atoms. The Morgan fingerprint density at radius 3 is 2.38 bits per heavy atom. The molecular formula is C25H28FN3O5. The fourth-order valence-electron chi connectivity index (χ4n) is 4.75. The van der Waals surface area contributed by atoms with Crippen LogP contribution in [-0.4, -0.2) is 79.1 Å². The molecule has 1 atom stereocenters. The first kappa shape index (κ1) is 23.7. The van der Waals surface area contributed by atoms with Gasteiger partial charge in [0.25, 0.3) is 0 Å². The number of likely N-dealkylation sites (tertiary alicyclic amines) is 1. The predicted octanol–water partition coefficient (Wildman–Crippen LogP) is 1.91. The number of piperazine rings is 1. The maximum Gasteiger partial charge on any atom is 0.241 e. The van der Waals surface area contributed by atoms with Gasteiger partial charge in [-0.1, -0.05) is 18.2 Å². The number of hydrogen-bond donors (Lipinski definition) is 1. The van der Waals surface area contributed by atoms with E-state index in [0.29, 0.717) is 26.2 Å². The average molecular weight is 470 g/mol. The summed E-state index contributed by atoms with van der Waals surface area (Å²) < 4.78 is 19.9. The van der Waals surface area contributed by atoms with E-state index in [1.165, 1.54) is 25.3 Å². The van der Waals surface area contributed by atoms with Crippen LogP contribution in [0.15, 0.2) is 48.5 Å². The summed E-state index contributed by atoms with van der Waals surface area (Å²) in [5.41, 5.74) is -0.552. The largest absolute Gasteiger partial charge is 0.508 e. The lowest BCUT2D eigenvalue weighted by atomic mass is 9.75. The van der Waals surface area contributed by atoms with Crippen LogP contribution in [0.4, 0.5) is 10.1 Å². The van der Waals surface area contributed by atoms with Crippen molar-refractivity contribution in [2.75, 3.05) is 51.3 Å². The van der Waals surface area contributed by atoms with Gasteiger partial charge in [0.15, 0.2) is 0 Å². The number of aromatic hydroxyl groups is 1. The summed E-state index contributed by atoms with van der Waals surface area (Å²) in [6.45, 7) is 2.25. The van der Waals surface area contributed by atoms with Crippen molar-refractivity contribution in [2.24, 2.45) is 0 Å². The maximum atomic E-state index is 14.9. The molecule has 0 saturated carbocycles. The lowest BCUT2D eigenvalue weighted by molar-refractivity contribution is -0.143. The molecule has 34 heavy (non-hydrogen) atoms. The van der Waals surface area contributed by atoms with Crippen molar-refractivity contribution in [3.8, 4) is 5.75 Å². The minimum absolute atomic E-state index is 0.0594. The van der Waals surface area contributed by atoms with E-state index in [1.807, 2.05) is 12.1 Å². The molecule has 0 radical (unpaired) electrons. The highest BCUT2D eigenvalue weighted by Gasteiger charge is 2.55. The number of benzene rings is 2. The molecule has 2 aromatic carbocycles. The van der Waals surface area contributed by atoms with Gasteiger partial charge in [0, 0.05) is 57.4 Å². The van der Waals surface area contributed by atoms with Crippen LogP contribution < -0.4 is 4.90 Å². The highest BCUT2D eigenvalue weighted by atomic mass is 19.1. The third-order valence-electron chi connectivity index (χ3n) is 6.62. The predicted molar refractivity (Wildman–Crippen MR) is 123 cm³/mol. The number of phenols is 1. The molecule has 0 aromatic heterocycles. The second-order valence-corrected chi connectivity index (χ2v) is 8.64. The number of imide groups is 1. The van der Waals surface area contributed by atoms with E-state index in [1.54, 1.807) is 23.1 Å². The lowest BCUT2D eigenvalue weighted by Crippen LogP contribution is -2.51. The highest BCUT2D eigenvalue weighted by molar-refractivity contribution is 6.10. The van der Waals surface area contributed by atoms with Gasteiger partial charge in [-0.15, -0.1) is 0 Å². The molecule has 0 bridgehead atoms. The summed E-state index contributed by atoms with van der Waals surface area (Å²) in [6.07, 6.45) is -0.531. The lowest BCUT2D eigenvalue weighted by Gasteiger charge is -2.37. The van der Waals surface area contributed by atoms with E-state index in [0.717, 1.165) is 10.6 Å². The zero-order chi connectivity index (χ0) is 24.3. The minimum Gasteiger partial charge on any atom is -0.508 e. The summed E-state index contributed by atoms with van der Waals surface area (Å²) in [4.78, 5) is 44.4. The first-order chi connectivity index (χ1) is 16.4. The van der Waals surface area contributed by atoms with Crippen LogP contribution in [0.25, 0.3) is 0 Å². The van der Waals surface area contributed by atoms with E-state index >= 15 is 0 Å². The van der Waals surface area contributed by atoms with E-state index in [9.17, 15) is 23.9 Å². The van der Waals surface area contributed by atoms with Crippen LogP contribution in [0.3, 0.4) is 0 Å². The van der Waals surface area contributed by atoms with Gasteiger partial charge in [0.2, 0.25) is 17.7 Å². The van der Waals surface area contributed by atoms with Crippen LogP contribution in [-0.2, 0) is 24.5 Å². The number of halogens is 1. The molecule has 1 unspecified atom stereocenters. The minimum atomic E-state index is -1.57. The van der Waals surface area contributed by atoms with Crippen molar-refractivity contribution in [1.82, 2.24) is 9.80 Å². The second kappa shape index (κ2) is 9.80. The Bertz CT molecular complexity index is 1070. The zero-order valence-electron chi connectivity index (χ0n) is 19.1. The van der Waals surface area contributed by atoms with Gasteiger partial charge >= 0.3 is 0 Å². The van der Waals surface area contributed by atoms with Crippen molar-refractivity contribution in [2.45, 2.75) is 18.3 Å². The number of rotatable bonds is 7. The van der Waals surface area contributed by atoms with Gasteiger partial charge in [-0.3, -0.25) is 19.3 Å². The Labute approximate surface area is 197 Å². The maximum absolute atomic E-state index is 14.9. The van der Waals surface area contributed by atoms with E-state index in [4.69, 9.17) is 4.74 Å². The highest BCUT2D eigenvalue weighted by Crippen LogP contribution is 2.41. The number of hydrogen-bond acceptors (Lipinski definition) is 6. The van der Waals surface area contributed by atoms with Crippen LogP contribution in [0, 0.1) is 5.82 Å².